The van der Waals surface area contributed by atoms with Gasteiger partial charge >= 0.3 is 5.97 Å². The normalized spacial score (nSPS) is 14.5. The third-order valence-electron chi connectivity index (χ3n) is 2.20. The molecule has 1 aromatic rings. The summed E-state index contributed by atoms with van der Waals surface area (Å²) in [6, 6.07) is 3.35. The maximum absolute atomic E-state index is 12.8. The van der Waals surface area contributed by atoms with Crippen molar-refractivity contribution in [2.75, 3.05) is 0 Å². The summed E-state index contributed by atoms with van der Waals surface area (Å²) in [6.45, 7) is -0.0590. The molecule has 0 aliphatic heterocycles. The summed E-state index contributed by atoms with van der Waals surface area (Å²) in [4.78, 5) is 10.5. The molecule has 0 amide bonds. The predicted octanol–water partition coefficient (Wildman–Crippen LogP) is -0.237. The van der Waals surface area contributed by atoms with Gasteiger partial charge in [0.2, 0.25) is 0 Å². The first kappa shape index (κ1) is 12.6. The fraction of sp³-hybridized carbons (Fsp3) is 0.300. The van der Waals surface area contributed by atoms with Crippen LogP contribution in [0.5, 0.6) is 0 Å². The molecule has 1 aromatic carbocycles. The molecular formula is C10H12FNO4. The molecule has 0 fully saturated rings. The molecule has 0 aliphatic carbocycles. The molecule has 2 unspecified atom stereocenters. The highest BCUT2D eigenvalue weighted by atomic mass is 19.1. The van der Waals surface area contributed by atoms with E-state index in [0.717, 1.165) is 12.1 Å². The van der Waals surface area contributed by atoms with Gasteiger partial charge < -0.3 is 21.1 Å². The molecule has 0 spiro atoms. The fourth-order valence-electron chi connectivity index (χ4n) is 1.34. The van der Waals surface area contributed by atoms with Crippen LogP contribution in [0.1, 0.15) is 17.2 Å². The Morgan fingerprint density at radius 2 is 2.06 bits per heavy atom. The Kier molecular flexibility index (Phi) is 3.94. The van der Waals surface area contributed by atoms with E-state index in [1.165, 1.54) is 6.07 Å². The summed E-state index contributed by atoms with van der Waals surface area (Å²) >= 11 is 0. The van der Waals surface area contributed by atoms with Gasteiger partial charge in [-0.25, -0.2) is 9.18 Å². The number of hydrogen-bond donors (Lipinski definition) is 4. The zero-order chi connectivity index (χ0) is 12.3. The molecule has 0 heterocycles. The van der Waals surface area contributed by atoms with E-state index in [1.54, 1.807) is 0 Å². The first-order valence-corrected chi connectivity index (χ1v) is 4.54. The molecule has 0 aliphatic rings. The third kappa shape index (κ3) is 2.54. The van der Waals surface area contributed by atoms with Crippen LogP contribution in [0.25, 0.3) is 0 Å². The van der Waals surface area contributed by atoms with Gasteiger partial charge in [-0.15, -0.1) is 0 Å². The molecule has 1 rings (SSSR count). The molecule has 0 saturated carbocycles. The first-order valence-electron chi connectivity index (χ1n) is 4.54. The molecule has 5 nitrogen and oxygen atoms in total. The minimum absolute atomic E-state index is 0.0590. The average molecular weight is 229 g/mol. The summed E-state index contributed by atoms with van der Waals surface area (Å²) in [7, 11) is 0. The van der Waals surface area contributed by atoms with E-state index in [-0.39, 0.29) is 17.7 Å². The highest BCUT2D eigenvalue weighted by molar-refractivity contribution is 5.73. The van der Waals surface area contributed by atoms with E-state index >= 15 is 0 Å². The van der Waals surface area contributed by atoms with Gasteiger partial charge in [0.05, 0.1) is 0 Å². The second-order valence-electron chi connectivity index (χ2n) is 3.28. The molecule has 0 radical (unpaired) electrons. The van der Waals surface area contributed by atoms with E-state index < -0.39 is 24.0 Å². The Morgan fingerprint density at radius 3 is 2.56 bits per heavy atom. The van der Waals surface area contributed by atoms with Gasteiger partial charge in [0.1, 0.15) is 11.9 Å². The average Bonchev–Trinajstić information content (AvgIpc) is 2.26. The van der Waals surface area contributed by atoms with Crippen LogP contribution >= 0.6 is 0 Å². The van der Waals surface area contributed by atoms with Gasteiger partial charge in [0, 0.05) is 6.54 Å². The van der Waals surface area contributed by atoms with Gasteiger partial charge in [0.25, 0.3) is 0 Å². The molecule has 5 N–H and O–H groups in total. The van der Waals surface area contributed by atoms with E-state index in [4.69, 9.17) is 15.9 Å². The number of nitrogens with two attached hydrogens (primary N) is 1. The number of carboxylic acid groups (broad SMARTS) is 1. The molecule has 88 valence electrons. The SMILES string of the molecule is NCc1cc(F)ccc1C(O)C(O)C(=O)O. The second kappa shape index (κ2) is 5.02. The number of aliphatic hydroxyl groups excluding tert-OH is 2. The minimum atomic E-state index is -1.96. The Hall–Kier alpha value is -1.50. The van der Waals surface area contributed by atoms with Crippen molar-refractivity contribution < 1.29 is 24.5 Å². The second-order valence-corrected chi connectivity index (χ2v) is 3.28. The monoisotopic (exact) mass is 229 g/mol. The fourth-order valence-corrected chi connectivity index (χ4v) is 1.34. The minimum Gasteiger partial charge on any atom is -0.479 e. The smallest absolute Gasteiger partial charge is 0.335 e. The first-order chi connectivity index (χ1) is 7.47. The lowest BCUT2D eigenvalue weighted by Gasteiger charge is -2.17. The number of halogens is 1. The molecule has 0 aromatic heterocycles. The van der Waals surface area contributed by atoms with Crippen molar-refractivity contribution in [3.63, 3.8) is 0 Å². The Bertz CT molecular complexity index is 396. The van der Waals surface area contributed by atoms with Crippen LogP contribution < -0.4 is 5.73 Å². The summed E-state index contributed by atoms with van der Waals surface area (Å²) in [5, 5.41) is 27.2. The Morgan fingerprint density at radius 1 is 1.44 bits per heavy atom. The zero-order valence-corrected chi connectivity index (χ0v) is 8.30. The number of carboxylic acids is 1. The maximum atomic E-state index is 12.8. The van der Waals surface area contributed by atoms with E-state index in [1.807, 2.05) is 0 Å². The van der Waals surface area contributed by atoms with Gasteiger partial charge in [0.15, 0.2) is 6.10 Å². The van der Waals surface area contributed by atoms with Crippen LogP contribution in [0.4, 0.5) is 4.39 Å². The molecular weight excluding hydrogens is 217 g/mol. The molecule has 0 bridgehead atoms. The van der Waals surface area contributed by atoms with E-state index in [0.29, 0.717) is 0 Å². The third-order valence-corrected chi connectivity index (χ3v) is 2.20. The number of benzene rings is 1. The summed E-state index contributed by atoms with van der Waals surface area (Å²) < 4.78 is 12.8. The van der Waals surface area contributed by atoms with Gasteiger partial charge in [-0.05, 0) is 23.3 Å². The summed E-state index contributed by atoms with van der Waals surface area (Å²) in [5.74, 6) is -2.10. The number of carbonyl (C=O) groups is 1. The maximum Gasteiger partial charge on any atom is 0.335 e. The van der Waals surface area contributed by atoms with E-state index in [9.17, 15) is 14.3 Å². The largest absolute Gasteiger partial charge is 0.479 e. The van der Waals surface area contributed by atoms with Gasteiger partial charge in [-0.1, -0.05) is 6.07 Å². The quantitative estimate of drug-likeness (QED) is 0.570. The van der Waals surface area contributed by atoms with Crippen LogP contribution in [0, 0.1) is 5.82 Å². The Labute approximate surface area is 90.9 Å². The molecule has 0 saturated heterocycles. The highest BCUT2D eigenvalue weighted by Gasteiger charge is 2.26. The van der Waals surface area contributed by atoms with Crippen LogP contribution in [-0.4, -0.2) is 27.4 Å². The number of rotatable bonds is 4. The van der Waals surface area contributed by atoms with Crippen LogP contribution in [-0.2, 0) is 11.3 Å². The molecule has 2 atom stereocenters. The number of hydrogen-bond acceptors (Lipinski definition) is 4. The van der Waals surface area contributed by atoms with Crippen molar-refractivity contribution >= 4 is 5.97 Å². The van der Waals surface area contributed by atoms with Gasteiger partial charge in [-0.3, -0.25) is 0 Å². The topological polar surface area (TPSA) is 104 Å². The standard InChI is InChI=1S/C10H12FNO4/c11-6-1-2-7(5(3-6)4-12)8(13)9(14)10(15)16/h1-3,8-9,13-14H,4,12H2,(H,15,16). The van der Waals surface area contributed by atoms with Gasteiger partial charge in [-0.2, -0.15) is 0 Å². The lowest BCUT2D eigenvalue weighted by molar-refractivity contribution is -0.153. The van der Waals surface area contributed by atoms with Crippen LogP contribution in [0.15, 0.2) is 18.2 Å². The molecule has 16 heavy (non-hydrogen) atoms. The van der Waals surface area contributed by atoms with Crippen molar-refractivity contribution in [3.8, 4) is 0 Å². The number of aliphatic carboxylic acids is 1. The van der Waals surface area contributed by atoms with Crippen molar-refractivity contribution in [3.05, 3.63) is 35.1 Å². The number of aliphatic hydroxyl groups is 2. The van der Waals surface area contributed by atoms with Crippen LogP contribution in [0.3, 0.4) is 0 Å². The van der Waals surface area contributed by atoms with Crippen molar-refractivity contribution in [2.24, 2.45) is 5.73 Å². The summed E-state index contributed by atoms with van der Waals surface area (Å²) in [5.41, 5.74) is 5.69. The van der Waals surface area contributed by atoms with Crippen molar-refractivity contribution in [1.29, 1.82) is 0 Å². The lowest BCUT2D eigenvalue weighted by Crippen LogP contribution is -2.28. The van der Waals surface area contributed by atoms with Crippen LogP contribution in [0.2, 0.25) is 0 Å². The zero-order valence-electron chi connectivity index (χ0n) is 8.30. The lowest BCUT2D eigenvalue weighted by atomic mass is 9.98. The van der Waals surface area contributed by atoms with Crippen molar-refractivity contribution in [1.82, 2.24) is 0 Å². The molecule has 6 heteroatoms. The highest BCUT2D eigenvalue weighted by Crippen LogP contribution is 2.22. The predicted molar refractivity (Wildman–Crippen MR) is 52.9 cm³/mol. The van der Waals surface area contributed by atoms with E-state index in [2.05, 4.69) is 0 Å². The summed E-state index contributed by atoms with van der Waals surface area (Å²) in [6.07, 6.45) is -3.59. The Balaban J connectivity index is 3.07. The van der Waals surface area contributed by atoms with Crippen molar-refractivity contribution in [2.45, 2.75) is 18.8 Å².